The Hall–Kier alpha value is -2.95. The van der Waals surface area contributed by atoms with Gasteiger partial charge in [-0.2, -0.15) is 0 Å². The lowest BCUT2D eigenvalue weighted by Gasteiger charge is -2.20. The van der Waals surface area contributed by atoms with E-state index in [9.17, 15) is 14.4 Å². The fraction of sp³-hybridized carbons (Fsp3) is 0.375. The van der Waals surface area contributed by atoms with Gasteiger partial charge >= 0.3 is 0 Å². The molecular weight excluding hydrogens is 364 g/mol. The van der Waals surface area contributed by atoms with Crippen molar-refractivity contribution >= 4 is 23.4 Å². The first-order chi connectivity index (χ1) is 13.8. The van der Waals surface area contributed by atoms with Crippen molar-refractivity contribution in [3.8, 4) is 0 Å². The smallest absolute Gasteiger partial charge is 0.261 e. The summed E-state index contributed by atoms with van der Waals surface area (Å²) in [4.78, 5) is 38.7. The molecule has 152 valence electrons. The van der Waals surface area contributed by atoms with E-state index in [0.717, 1.165) is 16.8 Å². The van der Waals surface area contributed by atoms with Gasteiger partial charge in [0.05, 0.1) is 11.1 Å². The van der Waals surface area contributed by atoms with Crippen molar-refractivity contribution in [3.05, 3.63) is 64.7 Å². The number of carbonyl (C=O) groups excluding carboxylic acids is 3. The van der Waals surface area contributed by atoms with Crippen LogP contribution in [0.3, 0.4) is 0 Å². The molecule has 0 aliphatic carbocycles. The molecule has 5 nitrogen and oxygen atoms in total. The van der Waals surface area contributed by atoms with E-state index >= 15 is 0 Å². The van der Waals surface area contributed by atoms with Crippen molar-refractivity contribution in [3.63, 3.8) is 0 Å². The lowest BCUT2D eigenvalue weighted by atomic mass is 9.92. The molecule has 5 heteroatoms. The molecule has 1 heterocycles. The topological polar surface area (TPSA) is 66.5 Å². The van der Waals surface area contributed by atoms with E-state index in [-0.39, 0.29) is 30.7 Å². The van der Waals surface area contributed by atoms with E-state index in [1.807, 2.05) is 18.2 Å². The standard InChI is InChI=1S/C24H28N2O3/c1-15(2)17-11-7-12-18(16(3)4)22(17)25-21(27)13-8-14-26-23(28)19-9-5-6-10-20(19)24(26)29/h5-7,9-12,15-16H,8,13-14H2,1-4H3,(H,25,27). The lowest BCUT2D eigenvalue weighted by Crippen LogP contribution is -2.31. The van der Waals surface area contributed by atoms with Crippen molar-refractivity contribution in [1.29, 1.82) is 0 Å². The predicted octanol–water partition coefficient (Wildman–Crippen LogP) is 4.95. The van der Waals surface area contributed by atoms with Crippen LogP contribution in [0, 0.1) is 0 Å². The van der Waals surface area contributed by atoms with E-state index in [1.54, 1.807) is 24.3 Å². The Balaban J connectivity index is 1.63. The van der Waals surface area contributed by atoms with E-state index < -0.39 is 0 Å². The molecule has 0 atom stereocenters. The van der Waals surface area contributed by atoms with E-state index in [1.165, 1.54) is 4.90 Å². The van der Waals surface area contributed by atoms with E-state index in [0.29, 0.717) is 29.4 Å². The van der Waals surface area contributed by atoms with Crippen LogP contribution in [0.15, 0.2) is 42.5 Å². The molecule has 3 rings (SSSR count). The zero-order valence-corrected chi connectivity index (χ0v) is 17.5. The molecule has 0 saturated carbocycles. The molecule has 1 aliphatic heterocycles. The first-order valence-electron chi connectivity index (χ1n) is 10.2. The SMILES string of the molecule is CC(C)c1cccc(C(C)C)c1NC(=O)CCCN1C(=O)c2ccccc2C1=O. The first-order valence-corrected chi connectivity index (χ1v) is 10.2. The quantitative estimate of drug-likeness (QED) is 0.678. The Kier molecular flexibility index (Phi) is 6.16. The van der Waals surface area contributed by atoms with Crippen LogP contribution in [-0.2, 0) is 4.79 Å². The van der Waals surface area contributed by atoms with Crippen LogP contribution in [0.5, 0.6) is 0 Å². The summed E-state index contributed by atoms with van der Waals surface area (Å²) in [5.74, 6) is -0.0715. The molecule has 1 aliphatic rings. The zero-order valence-electron chi connectivity index (χ0n) is 17.5. The number of hydrogen-bond acceptors (Lipinski definition) is 3. The third-order valence-corrected chi connectivity index (χ3v) is 5.30. The summed E-state index contributed by atoms with van der Waals surface area (Å²) >= 11 is 0. The number of rotatable bonds is 7. The van der Waals surface area contributed by atoms with Gasteiger partial charge in [-0.25, -0.2) is 0 Å². The van der Waals surface area contributed by atoms with Gasteiger partial charge in [0.2, 0.25) is 5.91 Å². The normalized spacial score (nSPS) is 13.4. The molecule has 0 aromatic heterocycles. The Labute approximate surface area is 172 Å². The highest BCUT2D eigenvalue weighted by atomic mass is 16.2. The van der Waals surface area contributed by atoms with E-state index in [2.05, 4.69) is 33.0 Å². The number of anilines is 1. The monoisotopic (exact) mass is 392 g/mol. The average Bonchev–Trinajstić information content (AvgIpc) is 2.93. The van der Waals surface area contributed by atoms with Crippen LogP contribution in [0.25, 0.3) is 0 Å². The molecule has 0 unspecified atom stereocenters. The number of amides is 3. The van der Waals surface area contributed by atoms with Crippen molar-refractivity contribution in [2.45, 2.75) is 52.4 Å². The number of carbonyl (C=O) groups is 3. The van der Waals surface area contributed by atoms with Gasteiger partial charge in [-0.3, -0.25) is 19.3 Å². The fourth-order valence-corrected chi connectivity index (χ4v) is 3.74. The maximum absolute atomic E-state index is 12.6. The summed E-state index contributed by atoms with van der Waals surface area (Å²) in [6.45, 7) is 8.67. The minimum atomic E-state index is -0.279. The van der Waals surface area contributed by atoms with E-state index in [4.69, 9.17) is 0 Å². The van der Waals surface area contributed by atoms with Gasteiger partial charge in [0.25, 0.3) is 11.8 Å². The van der Waals surface area contributed by atoms with Gasteiger partial charge < -0.3 is 5.32 Å². The van der Waals surface area contributed by atoms with Gasteiger partial charge in [0.1, 0.15) is 0 Å². The number of nitrogens with one attached hydrogen (secondary N) is 1. The molecule has 2 aromatic rings. The van der Waals surface area contributed by atoms with Gasteiger partial charge in [0, 0.05) is 18.7 Å². The molecule has 2 aromatic carbocycles. The first kappa shape index (κ1) is 20.8. The van der Waals surface area contributed by atoms with Gasteiger partial charge in [-0.05, 0) is 41.5 Å². The predicted molar refractivity (Wildman–Crippen MR) is 114 cm³/mol. The number of para-hydroxylation sites is 1. The average molecular weight is 392 g/mol. The summed E-state index contributed by atoms with van der Waals surface area (Å²) in [5, 5.41) is 3.08. The number of imide groups is 1. The molecule has 0 spiro atoms. The Bertz CT molecular complexity index is 886. The maximum Gasteiger partial charge on any atom is 0.261 e. The minimum absolute atomic E-state index is 0.100. The Morgan fingerprint density at radius 1 is 0.862 bits per heavy atom. The van der Waals surface area contributed by atoms with Crippen LogP contribution in [-0.4, -0.2) is 29.2 Å². The highest BCUT2D eigenvalue weighted by molar-refractivity contribution is 6.21. The molecule has 29 heavy (non-hydrogen) atoms. The van der Waals surface area contributed by atoms with Crippen LogP contribution in [0.2, 0.25) is 0 Å². The highest BCUT2D eigenvalue weighted by Gasteiger charge is 2.34. The van der Waals surface area contributed by atoms with Crippen molar-refractivity contribution < 1.29 is 14.4 Å². The second kappa shape index (κ2) is 8.60. The minimum Gasteiger partial charge on any atom is -0.326 e. The molecule has 3 amide bonds. The summed E-state index contributed by atoms with van der Waals surface area (Å²) < 4.78 is 0. The maximum atomic E-state index is 12.6. The van der Waals surface area contributed by atoms with Crippen LogP contribution in [0.4, 0.5) is 5.69 Å². The zero-order chi connectivity index (χ0) is 21.1. The van der Waals surface area contributed by atoms with Crippen molar-refractivity contribution in [1.82, 2.24) is 4.90 Å². The largest absolute Gasteiger partial charge is 0.326 e. The van der Waals surface area contributed by atoms with Crippen LogP contribution in [0.1, 0.15) is 84.2 Å². The molecule has 0 fully saturated rings. The third kappa shape index (κ3) is 4.24. The highest BCUT2D eigenvalue weighted by Crippen LogP contribution is 2.32. The number of fused-ring (bicyclic) bond motifs is 1. The van der Waals surface area contributed by atoms with Crippen LogP contribution < -0.4 is 5.32 Å². The number of nitrogens with zero attached hydrogens (tertiary/aromatic N) is 1. The second-order valence-corrected chi connectivity index (χ2v) is 8.08. The second-order valence-electron chi connectivity index (χ2n) is 8.08. The molecule has 0 radical (unpaired) electrons. The van der Waals surface area contributed by atoms with Crippen molar-refractivity contribution in [2.24, 2.45) is 0 Å². The Morgan fingerprint density at radius 3 is 1.86 bits per heavy atom. The third-order valence-electron chi connectivity index (χ3n) is 5.30. The lowest BCUT2D eigenvalue weighted by molar-refractivity contribution is -0.116. The summed E-state index contributed by atoms with van der Waals surface area (Å²) in [7, 11) is 0. The van der Waals surface area contributed by atoms with Crippen LogP contribution >= 0.6 is 0 Å². The summed E-state index contributed by atoms with van der Waals surface area (Å²) in [6, 6.07) is 13.0. The molecule has 1 N–H and O–H groups in total. The van der Waals surface area contributed by atoms with Crippen molar-refractivity contribution in [2.75, 3.05) is 11.9 Å². The fourth-order valence-electron chi connectivity index (χ4n) is 3.74. The number of hydrogen-bond donors (Lipinski definition) is 1. The van der Waals surface area contributed by atoms with Gasteiger partial charge in [-0.15, -0.1) is 0 Å². The molecule has 0 saturated heterocycles. The van der Waals surface area contributed by atoms with Gasteiger partial charge in [-0.1, -0.05) is 58.0 Å². The molecular formula is C24H28N2O3. The molecule has 0 bridgehead atoms. The van der Waals surface area contributed by atoms with Gasteiger partial charge in [0.15, 0.2) is 0 Å². The summed E-state index contributed by atoms with van der Waals surface area (Å²) in [6.07, 6.45) is 0.676. The number of benzene rings is 2. The Morgan fingerprint density at radius 2 is 1.38 bits per heavy atom. The summed E-state index contributed by atoms with van der Waals surface area (Å²) in [5.41, 5.74) is 4.00.